The molecule has 0 aromatic heterocycles. The molecule has 0 bridgehead atoms. The van der Waals surface area contributed by atoms with Gasteiger partial charge >= 0.3 is 11.9 Å². The first-order valence-corrected chi connectivity index (χ1v) is 20.5. The first-order chi connectivity index (χ1) is 24.8. The number of carboxylic acid groups (broad SMARTS) is 1. The molecule has 1 aromatic carbocycles. The fourth-order valence-electron chi connectivity index (χ4n) is 13.4. The largest absolute Gasteiger partial charge is 0.497 e. The van der Waals surface area contributed by atoms with Crippen LogP contribution in [-0.2, 0) is 25.7 Å². The van der Waals surface area contributed by atoms with Gasteiger partial charge in [0.25, 0.3) is 0 Å². The number of hydrogen-bond acceptors (Lipinski definition) is 6. The number of amides is 1. The highest BCUT2D eigenvalue weighted by atomic mass is 16.5. The molecule has 53 heavy (non-hydrogen) atoms. The Kier molecular flexibility index (Phi) is 12.0. The predicted octanol–water partition coefficient (Wildman–Crippen LogP) is 9.10. The van der Waals surface area contributed by atoms with Crippen LogP contribution in [0.4, 0.5) is 0 Å². The Hall–Kier alpha value is -2.87. The van der Waals surface area contributed by atoms with E-state index >= 15 is 0 Å². The number of nitrogens with two attached hydrogens (primary N) is 1. The Labute approximate surface area is 319 Å². The van der Waals surface area contributed by atoms with Crippen molar-refractivity contribution in [1.82, 2.24) is 5.32 Å². The van der Waals surface area contributed by atoms with Crippen LogP contribution in [0.25, 0.3) is 0 Å². The molecule has 4 N–H and O–H groups in total. The second-order valence-corrected chi connectivity index (χ2v) is 19.6. The monoisotopic (exact) mass is 735 g/mol. The third-order valence-electron chi connectivity index (χ3n) is 15.7. The summed E-state index contributed by atoms with van der Waals surface area (Å²) in [7, 11) is 1.67. The topological polar surface area (TPSA) is 128 Å². The molecule has 1 aromatic rings. The summed E-state index contributed by atoms with van der Waals surface area (Å²) in [6, 6.07) is 7.94. The summed E-state index contributed by atoms with van der Waals surface area (Å²) < 4.78 is 11.3. The van der Waals surface area contributed by atoms with Gasteiger partial charge in [-0.15, -0.1) is 6.58 Å². The summed E-state index contributed by atoms with van der Waals surface area (Å²) in [4.78, 5) is 38.3. The number of hydrogen-bond donors (Lipinski definition) is 3. The minimum absolute atomic E-state index is 0.0104. The number of rotatable bonds is 10. The maximum absolute atomic E-state index is 14.2. The third-order valence-corrected chi connectivity index (χ3v) is 15.7. The maximum atomic E-state index is 14.2. The lowest BCUT2D eigenvalue weighted by molar-refractivity contribution is -0.214. The van der Waals surface area contributed by atoms with Gasteiger partial charge in [-0.2, -0.15) is 0 Å². The molecule has 5 aliphatic carbocycles. The van der Waals surface area contributed by atoms with Crippen molar-refractivity contribution in [2.75, 3.05) is 13.7 Å². The van der Waals surface area contributed by atoms with Crippen molar-refractivity contribution in [2.24, 2.45) is 62.4 Å². The molecule has 0 radical (unpaired) electrons. The quantitative estimate of drug-likeness (QED) is 0.162. The van der Waals surface area contributed by atoms with E-state index in [2.05, 4.69) is 39.6 Å². The lowest BCUT2D eigenvalue weighted by atomic mass is 9.34. The zero-order valence-electron chi connectivity index (χ0n) is 34.2. The molecule has 5 unspecified atom stereocenters. The molecule has 6 rings (SSSR count). The van der Waals surface area contributed by atoms with Crippen molar-refractivity contribution in [2.45, 2.75) is 144 Å². The highest BCUT2D eigenvalue weighted by Crippen LogP contribution is 2.74. The van der Waals surface area contributed by atoms with Crippen molar-refractivity contribution in [3.05, 3.63) is 42.5 Å². The molecule has 296 valence electrons. The minimum atomic E-state index is -0.892. The Morgan fingerprint density at radius 3 is 2.25 bits per heavy atom. The molecule has 0 saturated heterocycles. The van der Waals surface area contributed by atoms with Gasteiger partial charge in [0.1, 0.15) is 5.75 Å². The smallest absolute Gasteiger partial charge is 0.306 e. The van der Waals surface area contributed by atoms with Crippen molar-refractivity contribution >= 4 is 17.8 Å². The van der Waals surface area contributed by atoms with Crippen LogP contribution in [0.1, 0.15) is 138 Å². The van der Waals surface area contributed by atoms with Gasteiger partial charge in [0, 0.05) is 12.1 Å². The molecule has 8 nitrogen and oxygen atoms in total. The molecular weight excluding hydrogens is 665 g/mol. The highest BCUT2D eigenvalue weighted by molar-refractivity contribution is 5.84. The average Bonchev–Trinajstić information content (AvgIpc) is 3.53. The number of ether oxygens (including phenoxy) is 2. The molecule has 1 amide bonds. The molecule has 5 aliphatic rings. The number of carbonyl (C=O) groups is 3. The maximum Gasteiger partial charge on any atom is 0.306 e. The number of fused-ring (bicyclic) bond motifs is 7. The summed E-state index contributed by atoms with van der Waals surface area (Å²) >= 11 is 0. The van der Waals surface area contributed by atoms with E-state index in [1.54, 1.807) is 13.2 Å². The van der Waals surface area contributed by atoms with Gasteiger partial charge in [-0.05, 0) is 140 Å². The van der Waals surface area contributed by atoms with E-state index in [-0.39, 0.29) is 63.8 Å². The Morgan fingerprint density at radius 2 is 1.57 bits per heavy atom. The van der Waals surface area contributed by atoms with Gasteiger partial charge in [-0.25, -0.2) is 0 Å². The molecule has 0 spiro atoms. The fraction of sp³-hybridized carbons (Fsp3) is 0.756. The summed E-state index contributed by atoms with van der Waals surface area (Å²) in [6.07, 6.45) is 13.4. The number of nitrogens with one attached hydrogen (secondary N) is 1. The summed E-state index contributed by atoms with van der Waals surface area (Å²) in [6.45, 7) is 19.7. The average molecular weight is 735 g/mol. The van der Waals surface area contributed by atoms with Gasteiger partial charge in [0.2, 0.25) is 5.91 Å². The van der Waals surface area contributed by atoms with E-state index in [0.29, 0.717) is 30.9 Å². The lowest BCUT2D eigenvalue weighted by Gasteiger charge is -2.71. The molecular formula is C45H70N2O6. The minimum Gasteiger partial charge on any atom is -0.497 e. The van der Waals surface area contributed by atoms with E-state index in [1.807, 2.05) is 45.0 Å². The van der Waals surface area contributed by atoms with Gasteiger partial charge in [-0.3, -0.25) is 14.4 Å². The summed E-state index contributed by atoms with van der Waals surface area (Å²) in [5, 5.41) is 12.6. The van der Waals surface area contributed by atoms with E-state index < -0.39 is 11.4 Å². The van der Waals surface area contributed by atoms with Crippen molar-refractivity contribution in [1.29, 1.82) is 0 Å². The van der Waals surface area contributed by atoms with Crippen LogP contribution in [0.2, 0.25) is 0 Å². The Balaban J connectivity index is 0.00000175. The highest BCUT2D eigenvalue weighted by Gasteiger charge is 2.70. The van der Waals surface area contributed by atoms with E-state index in [1.165, 1.54) is 0 Å². The van der Waals surface area contributed by atoms with Crippen molar-refractivity contribution < 1.29 is 29.0 Å². The molecule has 0 heterocycles. The van der Waals surface area contributed by atoms with Gasteiger partial charge in [0.15, 0.2) is 0 Å². The number of carboxylic acids is 1. The third kappa shape index (κ3) is 7.56. The van der Waals surface area contributed by atoms with Crippen LogP contribution in [0.15, 0.2) is 36.9 Å². The number of benzene rings is 1. The number of allylic oxidation sites excluding steroid dienone is 1. The number of carbonyl (C=O) groups excluding carboxylic acids is 2. The fourth-order valence-corrected chi connectivity index (χ4v) is 13.4. The normalized spacial score (nSPS) is 36.9. The van der Waals surface area contributed by atoms with Crippen LogP contribution in [0.3, 0.4) is 0 Å². The zero-order chi connectivity index (χ0) is 39.0. The van der Waals surface area contributed by atoms with E-state index in [9.17, 15) is 19.5 Å². The SMILES string of the molecule is C=CC.COc1cccc(CNC(=O)[C@]23CCCC2[C@@]2(N)CCC4[C@@]5(C)CCC(COC(=O)CC(C)(C)CC(=O)O)C(C)(C)C5CC[C@@]4(C)C2CC3)c1. The van der Waals surface area contributed by atoms with Crippen molar-refractivity contribution in [3.63, 3.8) is 0 Å². The van der Waals surface area contributed by atoms with Crippen molar-refractivity contribution in [3.8, 4) is 5.75 Å². The molecule has 5 fully saturated rings. The molecule has 5 saturated carbocycles. The lowest BCUT2D eigenvalue weighted by Crippen LogP contribution is -2.72. The van der Waals surface area contributed by atoms with E-state index in [4.69, 9.17) is 15.2 Å². The van der Waals surface area contributed by atoms with Crippen LogP contribution >= 0.6 is 0 Å². The second-order valence-electron chi connectivity index (χ2n) is 19.6. The first-order valence-electron chi connectivity index (χ1n) is 20.5. The van der Waals surface area contributed by atoms with Gasteiger partial charge in [-0.1, -0.05) is 66.2 Å². The number of methoxy groups -OCH3 is 1. The van der Waals surface area contributed by atoms with Gasteiger partial charge < -0.3 is 25.6 Å². The van der Waals surface area contributed by atoms with Crippen LogP contribution in [-0.4, -0.2) is 42.2 Å². The molecule has 9 atom stereocenters. The zero-order valence-corrected chi connectivity index (χ0v) is 34.2. The van der Waals surface area contributed by atoms with E-state index in [0.717, 1.165) is 81.9 Å². The van der Waals surface area contributed by atoms with Gasteiger partial charge in [0.05, 0.1) is 32.0 Å². The second kappa shape index (κ2) is 15.3. The molecule has 0 aliphatic heterocycles. The summed E-state index contributed by atoms with van der Waals surface area (Å²) in [5.41, 5.74) is 7.79. The number of esters is 1. The standard InChI is InChI=1S/C42H64N2O6.C3H6/c1-37(2,23-34(45)46)24-35(47)50-26-28-13-18-39(5)30(38(28,3)4)14-19-40(6)31(39)16-21-42(43)32(40)15-20-41(17-9-12-33(41)42)36(48)44-25-27-10-8-11-29(22-27)49-7;1-3-2/h8,10-11,22,28,30-33H,9,12-21,23-26,43H2,1-7H3,(H,44,48)(H,45,46);3H,1H2,2H3/t28?,30?,31?,32?,33?,39-,40+,41-,42+;/m0./s1. The summed E-state index contributed by atoms with van der Waals surface area (Å²) in [5.74, 6) is 1.81. The Bertz CT molecular complexity index is 1520. The number of aliphatic carboxylic acids is 1. The molecule has 8 heteroatoms. The van der Waals surface area contributed by atoms with Crippen LogP contribution < -0.4 is 15.8 Å². The van der Waals surface area contributed by atoms with Crippen LogP contribution in [0, 0.1) is 56.7 Å². The Morgan fingerprint density at radius 1 is 0.925 bits per heavy atom. The van der Waals surface area contributed by atoms with Crippen LogP contribution in [0.5, 0.6) is 5.75 Å². The first kappa shape index (κ1) is 41.3. The predicted molar refractivity (Wildman–Crippen MR) is 210 cm³/mol.